The number of rotatable bonds is 9. The molecule has 28 heavy (non-hydrogen) atoms. The molecule has 0 heteroatoms. The number of allylic oxidation sites excluding steroid dienone is 1. The Balaban J connectivity index is 1.27. The Morgan fingerprint density at radius 1 is 0.607 bits per heavy atom. The molecule has 3 fully saturated rings. The highest BCUT2D eigenvalue weighted by Crippen LogP contribution is 2.44. The summed E-state index contributed by atoms with van der Waals surface area (Å²) in [6, 6.07) is 0. The molecular formula is C28H50. The normalized spacial score (nSPS) is 36.9. The van der Waals surface area contributed by atoms with E-state index in [-0.39, 0.29) is 0 Å². The average Bonchev–Trinajstić information content (AvgIpc) is 2.74. The van der Waals surface area contributed by atoms with Crippen molar-refractivity contribution in [2.45, 2.75) is 129 Å². The highest BCUT2D eigenvalue weighted by Gasteiger charge is 2.31. The molecule has 0 saturated heterocycles. The van der Waals surface area contributed by atoms with Gasteiger partial charge in [-0.05, 0) is 93.8 Å². The van der Waals surface area contributed by atoms with Crippen LogP contribution in [0.5, 0.6) is 0 Å². The maximum absolute atomic E-state index is 4.19. The van der Waals surface area contributed by atoms with Crippen LogP contribution >= 0.6 is 0 Å². The first-order chi connectivity index (χ1) is 13.7. The lowest BCUT2D eigenvalue weighted by Crippen LogP contribution is -2.26. The van der Waals surface area contributed by atoms with Gasteiger partial charge in [-0.15, -0.1) is 0 Å². The predicted octanol–water partition coefficient (Wildman–Crippen LogP) is 9.34. The van der Waals surface area contributed by atoms with E-state index in [2.05, 4.69) is 20.4 Å². The zero-order valence-electron chi connectivity index (χ0n) is 19.4. The molecule has 3 aliphatic rings. The first-order valence-electron chi connectivity index (χ1n) is 13.3. The summed E-state index contributed by atoms with van der Waals surface area (Å²) >= 11 is 0. The molecule has 3 saturated carbocycles. The lowest BCUT2D eigenvalue weighted by molar-refractivity contribution is 0.136. The van der Waals surface area contributed by atoms with E-state index in [0.717, 1.165) is 35.5 Å². The van der Waals surface area contributed by atoms with E-state index in [9.17, 15) is 0 Å². The SMILES string of the molecule is C=C(C)C1CCC(CCC2CCC(C3CCC(CCCCC)CC3)CC2)CC1. The Morgan fingerprint density at radius 2 is 1.04 bits per heavy atom. The van der Waals surface area contributed by atoms with Crippen LogP contribution < -0.4 is 0 Å². The number of hydrogen-bond acceptors (Lipinski definition) is 0. The van der Waals surface area contributed by atoms with Crippen molar-refractivity contribution in [2.75, 3.05) is 0 Å². The molecular weight excluding hydrogens is 336 g/mol. The fourth-order valence-corrected chi connectivity index (χ4v) is 6.99. The van der Waals surface area contributed by atoms with Gasteiger partial charge in [-0.25, -0.2) is 0 Å². The second-order valence-corrected chi connectivity index (χ2v) is 11.2. The van der Waals surface area contributed by atoms with Crippen LogP contribution in [0.1, 0.15) is 129 Å². The summed E-state index contributed by atoms with van der Waals surface area (Å²) in [5.74, 6) is 6.23. The molecule has 3 aliphatic carbocycles. The van der Waals surface area contributed by atoms with Crippen molar-refractivity contribution in [3.8, 4) is 0 Å². The van der Waals surface area contributed by atoms with Crippen molar-refractivity contribution < 1.29 is 0 Å². The monoisotopic (exact) mass is 386 g/mol. The van der Waals surface area contributed by atoms with E-state index in [1.165, 1.54) is 63.4 Å². The van der Waals surface area contributed by atoms with Crippen LogP contribution in [0.25, 0.3) is 0 Å². The van der Waals surface area contributed by atoms with Gasteiger partial charge in [-0.1, -0.05) is 83.3 Å². The Kier molecular flexibility index (Phi) is 9.45. The summed E-state index contributed by atoms with van der Waals surface area (Å²) in [7, 11) is 0. The Labute approximate surface area is 177 Å². The van der Waals surface area contributed by atoms with Crippen molar-refractivity contribution in [3.05, 3.63) is 12.2 Å². The first kappa shape index (κ1) is 22.4. The van der Waals surface area contributed by atoms with Crippen molar-refractivity contribution in [3.63, 3.8) is 0 Å². The minimum Gasteiger partial charge on any atom is -0.0999 e. The molecule has 0 nitrogen and oxygen atoms in total. The van der Waals surface area contributed by atoms with Gasteiger partial charge in [0.15, 0.2) is 0 Å². The van der Waals surface area contributed by atoms with Gasteiger partial charge in [0, 0.05) is 0 Å². The Hall–Kier alpha value is -0.260. The topological polar surface area (TPSA) is 0 Å². The van der Waals surface area contributed by atoms with Gasteiger partial charge in [-0.3, -0.25) is 0 Å². The molecule has 162 valence electrons. The predicted molar refractivity (Wildman–Crippen MR) is 125 cm³/mol. The molecule has 0 heterocycles. The van der Waals surface area contributed by atoms with Gasteiger partial charge < -0.3 is 0 Å². The van der Waals surface area contributed by atoms with Crippen molar-refractivity contribution in [1.29, 1.82) is 0 Å². The minimum atomic E-state index is 0.841. The van der Waals surface area contributed by atoms with Crippen LogP contribution in [0.15, 0.2) is 12.2 Å². The highest BCUT2D eigenvalue weighted by atomic mass is 14.4. The molecule has 0 aliphatic heterocycles. The maximum atomic E-state index is 4.19. The van der Waals surface area contributed by atoms with Crippen molar-refractivity contribution in [2.24, 2.45) is 35.5 Å². The lowest BCUT2D eigenvalue weighted by atomic mass is 9.68. The zero-order chi connectivity index (χ0) is 19.8. The summed E-state index contributed by atoms with van der Waals surface area (Å²) in [6.45, 7) is 8.76. The standard InChI is InChI=1S/C28H50/c1-4-5-6-7-23-12-18-27(19-13-23)28-20-14-25(15-21-28)9-8-24-10-16-26(17-11-24)22(2)3/h23-28H,2,4-21H2,1,3H3. The highest BCUT2D eigenvalue weighted by molar-refractivity contribution is 4.98. The third-order valence-electron chi connectivity index (χ3n) is 9.19. The second kappa shape index (κ2) is 11.8. The Morgan fingerprint density at radius 3 is 1.46 bits per heavy atom. The number of unbranched alkanes of at least 4 members (excludes halogenated alkanes) is 2. The average molecular weight is 387 g/mol. The molecule has 0 bridgehead atoms. The third-order valence-corrected chi connectivity index (χ3v) is 9.19. The fraction of sp³-hybridized carbons (Fsp3) is 0.929. The zero-order valence-corrected chi connectivity index (χ0v) is 19.4. The van der Waals surface area contributed by atoms with E-state index >= 15 is 0 Å². The van der Waals surface area contributed by atoms with Crippen LogP contribution in [0.3, 0.4) is 0 Å². The molecule has 0 aromatic rings. The van der Waals surface area contributed by atoms with Gasteiger partial charge in [0.05, 0.1) is 0 Å². The maximum Gasteiger partial charge on any atom is -0.0208 e. The van der Waals surface area contributed by atoms with Gasteiger partial charge in [0.1, 0.15) is 0 Å². The molecule has 0 radical (unpaired) electrons. The molecule has 0 unspecified atom stereocenters. The fourth-order valence-electron chi connectivity index (χ4n) is 6.99. The van der Waals surface area contributed by atoms with Crippen molar-refractivity contribution in [1.82, 2.24) is 0 Å². The largest absolute Gasteiger partial charge is 0.0999 e. The van der Waals surface area contributed by atoms with E-state index in [1.54, 1.807) is 57.8 Å². The van der Waals surface area contributed by atoms with E-state index in [4.69, 9.17) is 0 Å². The van der Waals surface area contributed by atoms with E-state index in [0.29, 0.717) is 0 Å². The summed E-state index contributed by atoms with van der Waals surface area (Å²) in [4.78, 5) is 0. The summed E-state index contributed by atoms with van der Waals surface area (Å²) in [5.41, 5.74) is 1.44. The van der Waals surface area contributed by atoms with Crippen LogP contribution in [0, 0.1) is 35.5 Å². The molecule has 0 spiro atoms. The van der Waals surface area contributed by atoms with Gasteiger partial charge >= 0.3 is 0 Å². The molecule has 0 N–H and O–H groups in total. The van der Waals surface area contributed by atoms with Crippen LogP contribution in [0.2, 0.25) is 0 Å². The quantitative estimate of drug-likeness (QED) is 0.273. The van der Waals surface area contributed by atoms with E-state index < -0.39 is 0 Å². The van der Waals surface area contributed by atoms with Crippen LogP contribution in [0.4, 0.5) is 0 Å². The summed E-state index contributed by atoms with van der Waals surface area (Å²) in [6.07, 6.45) is 27.2. The van der Waals surface area contributed by atoms with Crippen LogP contribution in [-0.4, -0.2) is 0 Å². The molecule has 0 aromatic carbocycles. The summed E-state index contributed by atoms with van der Waals surface area (Å²) in [5, 5.41) is 0. The molecule has 3 rings (SSSR count). The van der Waals surface area contributed by atoms with Crippen LogP contribution in [-0.2, 0) is 0 Å². The molecule has 0 atom stereocenters. The van der Waals surface area contributed by atoms with E-state index in [1.807, 2.05) is 0 Å². The van der Waals surface area contributed by atoms with Gasteiger partial charge in [0.25, 0.3) is 0 Å². The first-order valence-corrected chi connectivity index (χ1v) is 13.3. The Bertz CT molecular complexity index is 425. The molecule has 0 aromatic heterocycles. The summed E-state index contributed by atoms with van der Waals surface area (Å²) < 4.78 is 0. The molecule has 0 amide bonds. The minimum absolute atomic E-state index is 0.841. The van der Waals surface area contributed by atoms with Gasteiger partial charge in [0.2, 0.25) is 0 Å². The second-order valence-electron chi connectivity index (χ2n) is 11.2. The number of hydrogen-bond donors (Lipinski definition) is 0. The smallest absolute Gasteiger partial charge is 0.0208 e. The van der Waals surface area contributed by atoms with Gasteiger partial charge in [-0.2, -0.15) is 0 Å². The van der Waals surface area contributed by atoms with Crippen molar-refractivity contribution >= 4 is 0 Å². The third kappa shape index (κ3) is 6.91. The lowest BCUT2D eigenvalue weighted by Gasteiger charge is -2.38.